The van der Waals surface area contributed by atoms with Gasteiger partial charge in [0.05, 0.1) is 11.9 Å². The first kappa shape index (κ1) is 15.3. The molecule has 0 saturated heterocycles. The van der Waals surface area contributed by atoms with E-state index in [4.69, 9.17) is 4.52 Å². The number of benzene rings is 1. The van der Waals surface area contributed by atoms with Crippen molar-refractivity contribution in [2.75, 3.05) is 11.9 Å². The monoisotopic (exact) mass is 331 g/mol. The van der Waals surface area contributed by atoms with Crippen molar-refractivity contribution in [2.24, 2.45) is 0 Å². The highest BCUT2D eigenvalue weighted by Crippen LogP contribution is 2.24. The summed E-state index contributed by atoms with van der Waals surface area (Å²) in [6.45, 7) is 2.45. The molecule has 0 bridgehead atoms. The Kier molecular flexibility index (Phi) is 3.85. The number of fused-ring (bicyclic) bond motifs is 1. The average Bonchev–Trinajstić information content (AvgIpc) is 3.10. The molecule has 3 aromatic heterocycles. The Morgan fingerprint density at radius 1 is 1.04 bits per heavy atom. The Morgan fingerprint density at radius 2 is 1.88 bits per heavy atom. The van der Waals surface area contributed by atoms with Crippen molar-refractivity contribution in [2.45, 2.75) is 13.5 Å². The SMILES string of the molecule is Cc1nc(N(C)Cc2cc(-c3ccccc3)on2)c2cccnc2n1. The number of nitrogens with zero attached hydrogens (tertiary/aromatic N) is 5. The maximum absolute atomic E-state index is 5.48. The number of hydrogen-bond acceptors (Lipinski definition) is 6. The third-order valence-electron chi connectivity index (χ3n) is 3.94. The first-order valence-electron chi connectivity index (χ1n) is 8.02. The van der Waals surface area contributed by atoms with Crippen LogP contribution < -0.4 is 4.90 Å². The summed E-state index contributed by atoms with van der Waals surface area (Å²) in [7, 11) is 1.98. The van der Waals surface area contributed by atoms with Gasteiger partial charge in [-0.25, -0.2) is 15.0 Å². The van der Waals surface area contributed by atoms with Crippen molar-refractivity contribution >= 4 is 16.9 Å². The van der Waals surface area contributed by atoms with Gasteiger partial charge in [-0.1, -0.05) is 35.5 Å². The standard InChI is InChI=1S/C19H17N5O/c1-13-21-18-16(9-6-10-20-18)19(22-13)24(2)12-15-11-17(25-23-15)14-7-4-3-5-8-14/h3-11H,12H2,1-2H3. The summed E-state index contributed by atoms with van der Waals surface area (Å²) in [4.78, 5) is 15.3. The summed E-state index contributed by atoms with van der Waals surface area (Å²) < 4.78 is 5.48. The maximum Gasteiger partial charge on any atom is 0.167 e. The lowest BCUT2D eigenvalue weighted by Gasteiger charge is -2.18. The number of anilines is 1. The molecule has 0 aliphatic carbocycles. The van der Waals surface area contributed by atoms with Crippen LogP contribution in [0.5, 0.6) is 0 Å². The second-order valence-electron chi connectivity index (χ2n) is 5.87. The van der Waals surface area contributed by atoms with E-state index in [-0.39, 0.29) is 0 Å². The van der Waals surface area contributed by atoms with E-state index in [1.807, 2.05) is 67.4 Å². The Morgan fingerprint density at radius 3 is 2.72 bits per heavy atom. The van der Waals surface area contributed by atoms with Gasteiger partial charge >= 0.3 is 0 Å². The van der Waals surface area contributed by atoms with E-state index in [9.17, 15) is 0 Å². The Labute approximate surface area is 145 Å². The van der Waals surface area contributed by atoms with Gasteiger partial charge in [0.25, 0.3) is 0 Å². The molecular formula is C19H17N5O. The van der Waals surface area contributed by atoms with Crippen molar-refractivity contribution in [3.63, 3.8) is 0 Å². The maximum atomic E-state index is 5.48. The summed E-state index contributed by atoms with van der Waals surface area (Å²) in [5, 5.41) is 5.10. The number of hydrogen-bond donors (Lipinski definition) is 0. The predicted molar refractivity (Wildman–Crippen MR) is 96.1 cm³/mol. The fourth-order valence-corrected chi connectivity index (χ4v) is 2.79. The minimum Gasteiger partial charge on any atom is -0.356 e. The molecule has 0 spiro atoms. The van der Waals surface area contributed by atoms with E-state index in [0.29, 0.717) is 18.0 Å². The third-order valence-corrected chi connectivity index (χ3v) is 3.94. The highest BCUT2D eigenvalue weighted by Gasteiger charge is 2.14. The molecule has 6 nitrogen and oxygen atoms in total. The van der Waals surface area contributed by atoms with Gasteiger partial charge in [0.15, 0.2) is 11.4 Å². The molecule has 124 valence electrons. The van der Waals surface area contributed by atoms with Crippen LogP contribution >= 0.6 is 0 Å². The molecule has 4 rings (SSSR count). The molecule has 0 fully saturated rings. The first-order chi connectivity index (χ1) is 12.2. The molecule has 0 saturated carbocycles. The zero-order chi connectivity index (χ0) is 17.2. The lowest BCUT2D eigenvalue weighted by Crippen LogP contribution is -2.19. The van der Waals surface area contributed by atoms with Crippen LogP contribution in [0.25, 0.3) is 22.4 Å². The van der Waals surface area contributed by atoms with E-state index in [0.717, 1.165) is 28.2 Å². The summed E-state index contributed by atoms with van der Waals surface area (Å²) in [5.41, 5.74) is 2.55. The minimum atomic E-state index is 0.580. The Bertz CT molecular complexity index is 1010. The van der Waals surface area contributed by atoms with Crippen LogP contribution in [0.4, 0.5) is 5.82 Å². The van der Waals surface area contributed by atoms with Crippen molar-refractivity contribution in [3.8, 4) is 11.3 Å². The van der Waals surface area contributed by atoms with Crippen molar-refractivity contribution in [1.82, 2.24) is 20.1 Å². The number of rotatable bonds is 4. The summed E-state index contributed by atoms with van der Waals surface area (Å²) >= 11 is 0. The molecule has 0 aliphatic heterocycles. The van der Waals surface area contributed by atoms with E-state index in [1.165, 1.54) is 0 Å². The lowest BCUT2D eigenvalue weighted by atomic mass is 10.1. The smallest absolute Gasteiger partial charge is 0.167 e. The highest BCUT2D eigenvalue weighted by atomic mass is 16.5. The molecule has 4 aromatic rings. The fourth-order valence-electron chi connectivity index (χ4n) is 2.79. The van der Waals surface area contributed by atoms with Crippen LogP contribution in [0.15, 0.2) is 59.3 Å². The van der Waals surface area contributed by atoms with Gasteiger partial charge in [-0.15, -0.1) is 0 Å². The van der Waals surface area contributed by atoms with E-state index >= 15 is 0 Å². The van der Waals surface area contributed by atoms with Gasteiger partial charge in [0.2, 0.25) is 0 Å². The zero-order valence-electron chi connectivity index (χ0n) is 14.0. The largest absolute Gasteiger partial charge is 0.356 e. The van der Waals surface area contributed by atoms with Crippen molar-refractivity contribution < 1.29 is 4.52 Å². The predicted octanol–water partition coefficient (Wildman–Crippen LogP) is 3.62. The molecule has 0 atom stereocenters. The summed E-state index contributed by atoms with van der Waals surface area (Å²) in [5.74, 6) is 2.28. The molecule has 3 heterocycles. The molecule has 0 amide bonds. The van der Waals surface area contributed by atoms with Gasteiger partial charge in [-0.3, -0.25) is 0 Å². The van der Waals surface area contributed by atoms with Gasteiger partial charge < -0.3 is 9.42 Å². The Hall–Kier alpha value is -3.28. The number of pyridine rings is 1. The van der Waals surface area contributed by atoms with Gasteiger partial charge in [-0.05, 0) is 19.1 Å². The van der Waals surface area contributed by atoms with Crippen LogP contribution in [-0.4, -0.2) is 27.2 Å². The summed E-state index contributed by atoms with van der Waals surface area (Å²) in [6.07, 6.45) is 1.74. The zero-order valence-corrected chi connectivity index (χ0v) is 14.0. The second kappa shape index (κ2) is 6.32. The Balaban J connectivity index is 1.63. The van der Waals surface area contributed by atoms with Gasteiger partial charge in [0.1, 0.15) is 17.3 Å². The van der Waals surface area contributed by atoms with Crippen molar-refractivity contribution in [1.29, 1.82) is 0 Å². The lowest BCUT2D eigenvalue weighted by molar-refractivity contribution is 0.423. The van der Waals surface area contributed by atoms with Crippen molar-refractivity contribution in [3.05, 3.63) is 66.2 Å². The van der Waals surface area contributed by atoms with Gasteiger partial charge in [-0.2, -0.15) is 0 Å². The van der Waals surface area contributed by atoms with Gasteiger partial charge in [0, 0.05) is 24.9 Å². The molecule has 0 aliphatic rings. The number of aromatic nitrogens is 4. The minimum absolute atomic E-state index is 0.580. The van der Waals surface area contributed by atoms with E-state index in [1.54, 1.807) is 6.20 Å². The highest BCUT2D eigenvalue weighted by molar-refractivity contribution is 5.86. The molecule has 1 aromatic carbocycles. The molecule has 0 unspecified atom stereocenters. The van der Waals surface area contributed by atoms with Crippen LogP contribution in [-0.2, 0) is 6.54 Å². The molecular weight excluding hydrogens is 314 g/mol. The number of aryl methyl sites for hydroxylation is 1. The molecule has 0 radical (unpaired) electrons. The topological polar surface area (TPSA) is 67.9 Å². The van der Waals surface area contributed by atoms with Crippen LogP contribution in [0.3, 0.4) is 0 Å². The normalized spacial score (nSPS) is 11.0. The van der Waals surface area contributed by atoms with Crippen LogP contribution in [0.2, 0.25) is 0 Å². The first-order valence-corrected chi connectivity index (χ1v) is 8.02. The molecule has 25 heavy (non-hydrogen) atoms. The summed E-state index contributed by atoms with van der Waals surface area (Å²) in [6, 6.07) is 15.8. The van der Waals surface area contributed by atoms with Crippen LogP contribution in [0, 0.1) is 6.92 Å². The molecule has 6 heteroatoms. The fraction of sp³-hybridized carbons (Fsp3) is 0.158. The van der Waals surface area contributed by atoms with Crippen LogP contribution in [0.1, 0.15) is 11.5 Å². The third kappa shape index (κ3) is 3.06. The van der Waals surface area contributed by atoms with E-state index in [2.05, 4.69) is 20.1 Å². The average molecular weight is 331 g/mol. The molecule has 0 N–H and O–H groups in total. The van der Waals surface area contributed by atoms with E-state index < -0.39 is 0 Å². The quantitative estimate of drug-likeness (QED) is 0.569. The second-order valence-corrected chi connectivity index (χ2v) is 5.87.